The molecule has 0 spiro atoms. The minimum absolute atomic E-state index is 0.120. The highest BCUT2D eigenvalue weighted by atomic mass is 19.2. The molecular weight excluding hydrogens is 622 g/mol. The molecule has 0 aromatic heterocycles. The molecule has 252 valence electrons. The van der Waals surface area contributed by atoms with Crippen LogP contribution in [0.4, 0.5) is 28.6 Å². The third-order valence-electron chi connectivity index (χ3n) is 8.94. The number of aryl methyl sites for hydroxylation is 2. The Labute approximate surface area is 279 Å². The molecule has 2 aliphatic rings. The molecule has 0 N–H and O–H groups in total. The minimum atomic E-state index is -3.40. The van der Waals surface area contributed by atoms with Crippen molar-refractivity contribution in [3.63, 3.8) is 0 Å². The molecule has 12 heteroatoms. The summed E-state index contributed by atoms with van der Waals surface area (Å²) >= 11 is 0. The van der Waals surface area contributed by atoms with Gasteiger partial charge >= 0.3 is 14.9 Å². The summed E-state index contributed by atoms with van der Waals surface area (Å²) in [7, 11) is -6.81. The summed E-state index contributed by atoms with van der Waals surface area (Å²) in [5.41, 5.74) is 1.29. The molecule has 0 bridgehead atoms. The number of carbonyl (C=O) groups excluding carboxylic acids is 2. The lowest BCUT2D eigenvalue weighted by Crippen LogP contribution is -2.36. The van der Waals surface area contributed by atoms with Gasteiger partial charge in [0.05, 0.1) is 22.5 Å². The maximum absolute atomic E-state index is 14.0. The van der Waals surface area contributed by atoms with Crippen LogP contribution in [0.3, 0.4) is 0 Å². The van der Waals surface area contributed by atoms with Gasteiger partial charge < -0.3 is 9.31 Å². The number of unbranched alkanes of at least 4 members (excludes halogenated alkanes) is 10. The molecule has 0 atom stereocenters. The van der Waals surface area contributed by atoms with E-state index in [1.54, 1.807) is 36.4 Å². The Hall–Kier alpha value is -3.95. The molecule has 3 aromatic carbocycles. The topological polar surface area (TPSA) is 77.3 Å². The second kappa shape index (κ2) is 16.4. The number of hydrogen-bond donors (Lipinski definition) is 0. The zero-order valence-corrected chi connectivity index (χ0v) is 27.6. The van der Waals surface area contributed by atoms with Crippen LogP contribution >= 0.6 is 0 Å². The van der Waals surface area contributed by atoms with Gasteiger partial charge in [-0.25, -0.2) is 27.2 Å². The first-order valence-electron chi connectivity index (χ1n) is 17.2. The Morgan fingerprint density at radius 2 is 0.938 bits per heavy atom. The van der Waals surface area contributed by atoms with E-state index in [1.807, 2.05) is 0 Å². The second-order valence-corrected chi connectivity index (χ2v) is 12.5. The van der Waals surface area contributed by atoms with Crippen LogP contribution < -0.4 is 20.0 Å². The molecule has 0 unspecified atom stereocenters. The lowest BCUT2D eigenvalue weighted by molar-refractivity contribution is 0.101. The SMILES string of the molecule is CCCCCCCCc1ccc2c(c1)C(=O)c1c(OB(F)F)c3c(c(OB(F)F)c1=N2)C(=O)c1cc(CCCCCCCC)ccc1N=3. The van der Waals surface area contributed by atoms with Gasteiger partial charge in [-0.15, -0.1) is 0 Å². The fourth-order valence-electron chi connectivity index (χ4n) is 6.49. The number of rotatable bonds is 18. The van der Waals surface area contributed by atoms with Gasteiger partial charge in [0.25, 0.3) is 0 Å². The zero-order chi connectivity index (χ0) is 34.2. The van der Waals surface area contributed by atoms with Crippen molar-refractivity contribution >= 4 is 37.9 Å². The van der Waals surface area contributed by atoms with Gasteiger partial charge in [-0.2, -0.15) is 0 Å². The van der Waals surface area contributed by atoms with E-state index in [-0.39, 0.29) is 22.5 Å². The maximum Gasteiger partial charge on any atom is 0.796 e. The molecule has 0 saturated heterocycles. The standard InChI is InChI=1S/C36H40B2F4N2O4/c1-3-5-7-9-11-13-15-23-17-19-27-25(21-23)33(45)29-31(43-27)36(48-38(41)42)30-32(35(29)47-37(39)40)44-28-20-18-24(22-26(28)34(30)46)16-14-12-10-8-6-4-2/h17-22H,3-16H2,1-2H3. The third kappa shape index (κ3) is 8.01. The van der Waals surface area contributed by atoms with E-state index in [9.17, 15) is 26.9 Å². The van der Waals surface area contributed by atoms with Gasteiger partial charge in [0.2, 0.25) is 11.6 Å². The van der Waals surface area contributed by atoms with Crippen LogP contribution in [0.1, 0.15) is 134 Å². The number of fused-ring (bicyclic) bond motifs is 4. The quantitative estimate of drug-likeness (QED) is 0.0533. The van der Waals surface area contributed by atoms with E-state index in [4.69, 9.17) is 9.31 Å². The normalized spacial score (nSPS) is 12.7. The monoisotopic (exact) mass is 662 g/mol. The van der Waals surface area contributed by atoms with Crippen LogP contribution in [0.15, 0.2) is 46.4 Å². The number of halogens is 4. The molecule has 0 fully saturated rings. The van der Waals surface area contributed by atoms with Crippen LogP contribution in [0, 0.1) is 0 Å². The third-order valence-corrected chi connectivity index (χ3v) is 8.94. The van der Waals surface area contributed by atoms with Crippen LogP contribution in [-0.2, 0) is 12.8 Å². The average Bonchev–Trinajstić information content (AvgIpc) is 3.06. The fraction of sp³-hybridized carbons (Fsp3) is 0.444. The van der Waals surface area contributed by atoms with Crippen molar-refractivity contribution in [1.29, 1.82) is 0 Å². The Balaban J connectivity index is 1.57. The molecule has 2 aliphatic heterocycles. The lowest BCUT2D eigenvalue weighted by atomic mass is 9.88. The van der Waals surface area contributed by atoms with Gasteiger partial charge in [-0.1, -0.05) is 90.2 Å². The molecule has 2 heterocycles. The van der Waals surface area contributed by atoms with Gasteiger partial charge in [-0.05, 0) is 61.1 Å². The van der Waals surface area contributed by atoms with Crippen molar-refractivity contribution in [2.75, 3.05) is 0 Å². The Bertz CT molecular complexity index is 1660. The van der Waals surface area contributed by atoms with E-state index < -0.39 is 59.8 Å². The highest BCUT2D eigenvalue weighted by molar-refractivity contribution is 6.36. The van der Waals surface area contributed by atoms with Crippen LogP contribution in [-0.4, -0.2) is 26.5 Å². The largest absolute Gasteiger partial charge is 0.796 e. The van der Waals surface area contributed by atoms with E-state index in [2.05, 4.69) is 23.8 Å². The van der Waals surface area contributed by atoms with Crippen molar-refractivity contribution in [1.82, 2.24) is 0 Å². The molecule has 0 saturated carbocycles. The van der Waals surface area contributed by atoms with Gasteiger partial charge in [0.1, 0.15) is 22.2 Å². The first kappa shape index (κ1) is 35.4. The first-order chi connectivity index (χ1) is 23.2. The number of nitrogens with zero attached hydrogens (tertiary/aromatic N) is 2. The number of hydrogen-bond acceptors (Lipinski definition) is 6. The Morgan fingerprint density at radius 3 is 1.31 bits per heavy atom. The zero-order valence-electron chi connectivity index (χ0n) is 27.6. The van der Waals surface area contributed by atoms with E-state index in [0.29, 0.717) is 12.8 Å². The smallest absolute Gasteiger partial charge is 0.503 e. The van der Waals surface area contributed by atoms with Crippen molar-refractivity contribution in [3.05, 3.63) is 80.5 Å². The average molecular weight is 662 g/mol. The predicted molar refractivity (Wildman–Crippen MR) is 179 cm³/mol. The number of carbonyl (C=O) groups is 2. The van der Waals surface area contributed by atoms with Crippen LogP contribution in [0.5, 0.6) is 11.5 Å². The van der Waals surface area contributed by atoms with Crippen molar-refractivity contribution < 1.29 is 36.2 Å². The molecule has 3 aromatic rings. The summed E-state index contributed by atoms with van der Waals surface area (Å²) in [5.74, 6) is -2.87. The maximum atomic E-state index is 14.0. The van der Waals surface area contributed by atoms with Crippen molar-refractivity contribution in [2.45, 2.75) is 104 Å². The first-order valence-corrected chi connectivity index (χ1v) is 17.2. The lowest BCUT2D eigenvalue weighted by Gasteiger charge is -2.23. The van der Waals surface area contributed by atoms with E-state index in [1.165, 1.54) is 12.8 Å². The van der Waals surface area contributed by atoms with Crippen molar-refractivity contribution in [3.8, 4) is 11.5 Å². The highest BCUT2D eigenvalue weighted by Crippen LogP contribution is 2.36. The van der Waals surface area contributed by atoms with Crippen molar-refractivity contribution in [2.24, 2.45) is 9.98 Å². The van der Waals surface area contributed by atoms with E-state index >= 15 is 0 Å². The van der Waals surface area contributed by atoms with Gasteiger partial charge in [0, 0.05) is 11.1 Å². The molecule has 0 radical (unpaired) electrons. The number of ketones is 2. The second-order valence-electron chi connectivity index (χ2n) is 12.5. The highest BCUT2D eigenvalue weighted by Gasteiger charge is 2.38. The molecule has 0 amide bonds. The summed E-state index contributed by atoms with van der Waals surface area (Å²) in [6, 6.07) is 10.1. The van der Waals surface area contributed by atoms with Crippen LogP contribution in [0.2, 0.25) is 0 Å². The van der Waals surface area contributed by atoms with Gasteiger partial charge in [-0.3, -0.25) is 9.59 Å². The Morgan fingerprint density at radius 1 is 0.562 bits per heavy atom. The molecule has 48 heavy (non-hydrogen) atoms. The summed E-state index contributed by atoms with van der Waals surface area (Å²) in [6.45, 7) is 4.31. The molecule has 0 aliphatic carbocycles. The van der Waals surface area contributed by atoms with E-state index in [0.717, 1.165) is 75.3 Å². The molecule has 6 nitrogen and oxygen atoms in total. The summed E-state index contributed by atoms with van der Waals surface area (Å²) in [5, 5.41) is -0.915. The Kier molecular flexibility index (Phi) is 12.1. The molecule has 5 rings (SSSR count). The summed E-state index contributed by atoms with van der Waals surface area (Å²) in [4.78, 5) is 37.0. The molecular formula is C36H40B2F4N2O4. The number of benzene rings is 3. The van der Waals surface area contributed by atoms with Gasteiger partial charge in [0.15, 0.2) is 0 Å². The minimum Gasteiger partial charge on any atom is -0.503 e. The summed E-state index contributed by atoms with van der Waals surface area (Å²) in [6.07, 6.45) is 14.5. The van der Waals surface area contributed by atoms with Crippen LogP contribution in [0.25, 0.3) is 0 Å². The fourth-order valence-corrected chi connectivity index (χ4v) is 6.49. The summed E-state index contributed by atoms with van der Waals surface area (Å²) < 4.78 is 65.5. The predicted octanol–water partition coefficient (Wildman–Crippen LogP) is 9.09.